The van der Waals surface area contributed by atoms with Crippen molar-refractivity contribution < 1.29 is 8.42 Å². The summed E-state index contributed by atoms with van der Waals surface area (Å²) in [5, 5.41) is 0. The molecule has 0 saturated carbocycles. The summed E-state index contributed by atoms with van der Waals surface area (Å²) >= 11 is 0. The van der Waals surface area contributed by atoms with Crippen LogP contribution in [0.3, 0.4) is 0 Å². The van der Waals surface area contributed by atoms with Crippen molar-refractivity contribution in [1.82, 2.24) is 4.72 Å². The number of aryl methyl sites for hydroxylation is 1. The van der Waals surface area contributed by atoms with Crippen LogP contribution < -0.4 is 10.5 Å². The van der Waals surface area contributed by atoms with Crippen LogP contribution >= 0.6 is 0 Å². The van der Waals surface area contributed by atoms with Crippen LogP contribution in [0, 0.1) is 5.92 Å². The Bertz CT molecular complexity index is 508. The van der Waals surface area contributed by atoms with Gasteiger partial charge in [0, 0.05) is 6.04 Å². The monoisotopic (exact) mass is 312 g/mol. The van der Waals surface area contributed by atoms with E-state index in [1.165, 1.54) is 0 Å². The number of rotatable bonds is 9. The Morgan fingerprint density at radius 2 is 1.71 bits per heavy atom. The fraction of sp³-hybridized carbons (Fsp3) is 0.625. The minimum Gasteiger partial charge on any atom is -0.330 e. The van der Waals surface area contributed by atoms with Gasteiger partial charge in [-0.1, -0.05) is 38.8 Å². The van der Waals surface area contributed by atoms with Gasteiger partial charge in [-0.25, -0.2) is 13.1 Å². The van der Waals surface area contributed by atoms with Gasteiger partial charge in [0.1, 0.15) is 0 Å². The van der Waals surface area contributed by atoms with E-state index in [1.807, 2.05) is 19.1 Å². The molecule has 0 saturated heterocycles. The molecular weight excluding hydrogens is 284 g/mol. The standard InChI is InChI=1S/C16H28N2O2S/c1-4-15(5-2)13(3)18-21(19,20)16-10-8-14(9-11-16)7-6-12-17/h8-11,13,15,18H,4-7,12,17H2,1-3H3. The Morgan fingerprint density at radius 1 is 1.14 bits per heavy atom. The first kappa shape index (κ1) is 18.1. The third-order valence-corrected chi connectivity index (χ3v) is 5.57. The van der Waals surface area contributed by atoms with Crippen LogP contribution in [-0.2, 0) is 16.4 Å². The molecule has 4 nitrogen and oxygen atoms in total. The summed E-state index contributed by atoms with van der Waals surface area (Å²) in [6.45, 7) is 6.76. The van der Waals surface area contributed by atoms with Gasteiger partial charge in [0.15, 0.2) is 0 Å². The summed E-state index contributed by atoms with van der Waals surface area (Å²) in [7, 11) is -3.44. The van der Waals surface area contributed by atoms with Crippen LogP contribution in [0.2, 0.25) is 0 Å². The molecule has 1 unspecified atom stereocenters. The Labute approximate surface area is 129 Å². The normalized spacial score (nSPS) is 13.6. The molecule has 0 aliphatic carbocycles. The summed E-state index contributed by atoms with van der Waals surface area (Å²) in [5.74, 6) is 0.364. The van der Waals surface area contributed by atoms with Crippen molar-refractivity contribution in [3.05, 3.63) is 29.8 Å². The summed E-state index contributed by atoms with van der Waals surface area (Å²) < 4.78 is 27.5. The molecule has 21 heavy (non-hydrogen) atoms. The molecule has 0 amide bonds. The lowest BCUT2D eigenvalue weighted by molar-refractivity contribution is 0.391. The van der Waals surface area contributed by atoms with E-state index in [4.69, 9.17) is 5.73 Å². The van der Waals surface area contributed by atoms with Crippen molar-refractivity contribution >= 4 is 10.0 Å². The molecule has 0 fully saturated rings. The molecule has 0 aliphatic heterocycles. The number of nitrogens with two attached hydrogens (primary N) is 1. The summed E-state index contributed by atoms with van der Waals surface area (Å²) in [6, 6.07) is 7.03. The minimum atomic E-state index is -3.44. The molecule has 3 N–H and O–H groups in total. The number of nitrogens with one attached hydrogen (secondary N) is 1. The van der Waals surface area contributed by atoms with Gasteiger partial charge in [-0.2, -0.15) is 0 Å². The average Bonchev–Trinajstić information content (AvgIpc) is 2.46. The van der Waals surface area contributed by atoms with E-state index in [9.17, 15) is 8.42 Å². The number of hydrogen-bond donors (Lipinski definition) is 2. The first-order chi connectivity index (χ1) is 9.94. The summed E-state index contributed by atoms with van der Waals surface area (Å²) in [4.78, 5) is 0.330. The first-order valence-electron chi connectivity index (χ1n) is 7.75. The molecule has 0 heterocycles. The molecule has 0 bridgehead atoms. The molecule has 120 valence electrons. The van der Waals surface area contributed by atoms with Gasteiger partial charge in [-0.3, -0.25) is 0 Å². The molecule has 0 aliphatic rings. The topological polar surface area (TPSA) is 72.2 Å². The van der Waals surface area contributed by atoms with Crippen molar-refractivity contribution in [1.29, 1.82) is 0 Å². The number of hydrogen-bond acceptors (Lipinski definition) is 3. The molecule has 0 spiro atoms. The summed E-state index contributed by atoms with van der Waals surface area (Å²) in [6.07, 6.45) is 3.74. The highest BCUT2D eigenvalue weighted by Gasteiger charge is 2.21. The Morgan fingerprint density at radius 3 is 2.19 bits per heavy atom. The fourth-order valence-corrected chi connectivity index (χ4v) is 3.86. The van der Waals surface area contributed by atoms with Crippen molar-refractivity contribution in [3.8, 4) is 0 Å². The number of sulfonamides is 1. The SMILES string of the molecule is CCC(CC)C(C)NS(=O)(=O)c1ccc(CCCN)cc1. The Kier molecular flexibility index (Phi) is 7.35. The predicted octanol–water partition coefficient (Wildman–Crippen LogP) is 2.68. The van der Waals surface area contributed by atoms with Gasteiger partial charge in [0.05, 0.1) is 4.90 Å². The maximum atomic E-state index is 12.4. The van der Waals surface area contributed by atoms with Crippen molar-refractivity contribution in [2.45, 2.75) is 57.4 Å². The maximum Gasteiger partial charge on any atom is 0.240 e. The second kappa shape index (κ2) is 8.51. The molecule has 1 aromatic rings. The van der Waals surface area contributed by atoms with Gasteiger partial charge in [-0.15, -0.1) is 0 Å². The van der Waals surface area contributed by atoms with Crippen LogP contribution in [0.25, 0.3) is 0 Å². The lowest BCUT2D eigenvalue weighted by atomic mass is 9.96. The van der Waals surface area contributed by atoms with Crippen LogP contribution in [0.4, 0.5) is 0 Å². The molecule has 0 aromatic heterocycles. The summed E-state index contributed by atoms with van der Waals surface area (Å²) in [5.41, 5.74) is 6.60. The largest absolute Gasteiger partial charge is 0.330 e. The van der Waals surface area contributed by atoms with E-state index in [2.05, 4.69) is 18.6 Å². The zero-order chi connectivity index (χ0) is 15.9. The molecule has 0 radical (unpaired) electrons. The quantitative estimate of drug-likeness (QED) is 0.736. The molecule has 5 heteroatoms. The molecule has 1 aromatic carbocycles. The van der Waals surface area contributed by atoms with Crippen LogP contribution in [0.1, 0.15) is 45.6 Å². The molecule has 1 atom stereocenters. The van der Waals surface area contributed by atoms with Crippen molar-refractivity contribution in [2.75, 3.05) is 6.54 Å². The van der Waals surface area contributed by atoms with Crippen molar-refractivity contribution in [3.63, 3.8) is 0 Å². The van der Waals surface area contributed by atoms with Crippen LogP contribution in [-0.4, -0.2) is 21.0 Å². The predicted molar refractivity (Wildman–Crippen MR) is 87.7 cm³/mol. The maximum absolute atomic E-state index is 12.4. The first-order valence-corrected chi connectivity index (χ1v) is 9.24. The second-order valence-electron chi connectivity index (χ2n) is 5.52. The van der Waals surface area contributed by atoms with Gasteiger partial charge in [0.25, 0.3) is 0 Å². The lowest BCUT2D eigenvalue weighted by Gasteiger charge is -2.22. The Hall–Kier alpha value is -0.910. The number of benzene rings is 1. The zero-order valence-electron chi connectivity index (χ0n) is 13.3. The smallest absolute Gasteiger partial charge is 0.240 e. The van der Waals surface area contributed by atoms with E-state index >= 15 is 0 Å². The highest BCUT2D eigenvalue weighted by molar-refractivity contribution is 7.89. The van der Waals surface area contributed by atoms with E-state index in [1.54, 1.807) is 12.1 Å². The molecule has 1 rings (SSSR count). The third-order valence-electron chi connectivity index (χ3n) is 4.00. The molecular formula is C16H28N2O2S. The zero-order valence-corrected chi connectivity index (χ0v) is 14.1. The van der Waals surface area contributed by atoms with E-state index in [0.717, 1.165) is 31.2 Å². The lowest BCUT2D eigenvalue weighted by Crippen LogP contribution is -2.37. The second-order valence-corrected chi connectivity index (χ2v) is 7.24. The van der Waals surface area contributed by atoms with Gasteiger partial charge < -0.3 is 5.73 Å². The highest BCUT2D eigenvalue weighted by atomic mass is 32.2. The van der Waals surface area contributed by atoms with E-state index in [-0.39, 0.29) is 6.04 Å². The van der Waals surface area contributed by atoms with E-state index < -0.39 is 10.0 Å². The van der Waals surface area contributed by atoms with Crippen LogP contribution in [0.15, 0.2) is 29.2 Å². The third kappa shape index (κ3) is 5.41. The average molecular weight is 312 g/mol. The van der Waals surface area contributed by atoms with E-state index in [0.29, 0.717) is 17.4 Å². The highest BCUT2D eigenvalue weighted by Crippen LogP contribution is 2.17. The minimum absolute atomic E-state index is 0.0538. The van der Waals surface area contributed by atoms with Gasteiger partial charge >= 0.3 is 0 Å². The van der Waals surface area contributed by atoms with Crippen molar-refractivity contribution in [2.24, 2.45) is 11.7 Å². The fourth-order valence-electron chi connectivity index (χ4n) is 2.55. The Balaban J connectivity index is 2.78. The van der Waals surface area contributed by atoms with Gasteiger partial charge in [0.2, 0.25) is 10.0 Å². The van der Waals surface area contributed by atoms with Gasteiger partial charge in [-0.05, 0) is 49.9 Å². The van der Waals surface area contributed by atoms with Crippen LogP contribution in [0.5, 0.6) is 0 Å².